The van der Waals surface area contributed by atoms with Crippen LogP contribution >= 0.6 is 0 Å². The van der Waals surface area contributed by atoms with Crippen molar-refractivity contribution < 1.29 is 0 Å². The van der Waals surface area contributed by atoms with Crippen molar-refractivity contribution in [2.75, 3.05) is 39.8 Å². The first kappa shape index (κ1) is 18.9. The summed E-state index contributed by atoms with van der Waals surface area (Å²) in [5.41, 5.74) is 12.5. The SMILES string of the molecule is [B]CCc1ccc(CC2CN(CC3(N)CCN(C)CC3)C2)c(C)c1C. The molecule has 2 saturated heterocycles. The number of rotatable bonds is 6. The summed E-state index contributed by atoms with van der Waals surface area (Å²) in [6.45, 7) is 10.3. The number of nitrogens with zero attached hydrogens (tertiary/aromatic N) is 2. The van der Waals surface area contributed by atoms with Gasteiger partial charge in [-0.05, 0) is 87.8 Å². The molecular weight excluding hydrogens is 305 g/mol. The minimum Gasteiger partial charge on any atom is -0.324 e. The molecule has 0 aliphatic carbocycles. The average Bonchev–Trinajstić information content (AvgIpc) is 2.55. The van der Waals surface area contributed by atoms with Crippen LogP contribution in [0.2, 0.25) is 6.32 Å². The molecule has 1 aromatic carbocycles. The van der Waals surface area contributed by atoms with Gasteiger partial charge in [0.15, 0.2) is 0 Å². The van der Waals surface area contributed by atoms with Gasteiger partial charge in [-0.3, -0.25) is 0 Å². The molecule has 2 fully saturated rings. The van der Waals surface area contributed by atoms with E-state index in [9.17, 15) is 0 Å². The molecule has 2 aliphatic rings. The van der Waals surface area contributed by atoms with Crippen LogP contribution in [0.25, 0.3) is 0 Å². The fourth-order valence-corrected chi connectivity index (χ4v) is 4.49. The molecule has 2 aliphatic heterocycles. The molecular formula is C21H34BN3. The van der Waals surface area contributed by atoms with Crippen molar-refractivity contribution in [1.29, 1.82) is 0 Å². The first-order chi connectivity index (χ1) is 11.9. The Balaban J connectivity index is 1.50. The average molecular weight is 339 g/mol. The van der Waals surface area contributed by atoms with E-state index in [0.717, 1.165) is 51.1 Å². The highest BCUT2D eigenvalue weighted by molar-refractivity contribution is 6.08. The summed E-state index contributed by atoms with van der Waals surface area (Å²) in [4.78, 5) is 4.96. The molecule has 3 nitrogen and oxygen atoms in total. The Morgan fingerprint density at radius 1 is 1.12 bits per heavy atom. The second-order valence-electron chi connectivity index (χ2n) is 8.60. The Hall–Kier alpha value is -0.835. The van der Waals surface area contributed by atoms with E-state index in [0.29, 0.717) is 0 Å². The van der Waals surface area contributed by atoms with E-state index in [1.165, 1.54) is 41.8 Å². The van der Waals surface area contributed by atoms with E-state index in [-0.39, 0.29) is 5.54 Å². The summed E-state index contributed by atoms with van der Waals surface area (Å²) in [6, 6.07) is 4.62. The Morgan fingerprint density at radius 2 is 1.72 bits per heavy atom. The topological polar surface area (TPSA) is 32.5 Å². The van der Waals surface area contributed by atoms with Crippen LogP contribution in [0.5, 0.6) is 0 Å². The van der Waals surface area contributed by atoms with E-state index in [4.69, 9.17) is 13.6 Å². The Labute approximate surface area is 155 Å². The third-order valence-corrected chi connectivity index (χ3v) is 6.49. The van der Waals surface area contributed by atoms with E-state index in [1.54, 1.807) is 0 Å². The molecule has 3 rings (SSSR count). The number of hydrogen-bond acceptors (Lipinski definition) is 3. The molecule has 2 heterocycles. The van der Waals surface area contributed by atoms with Crippen molar-refractivity contribution in [2.24, 2.45) is 11.7 Å². The predicted molar refractivity (Wildman–Crippen MR) is 107 cm³/mol. The Kier molecular flexibility index (Phi) is 5.92. The number of likely N-dealkylation sites (tertiary alicyclic amines) is 2. The van der Waals surface area contributed by atoms with Crippen molar-refractivity contribution in [3.63, 3.8) is 0 Å². The van der Waals surface area contributed by atoms with E-state index in [2.05, 4.69) is 42.8 Å². The van der Waals surface area contributed by atoms with Crippen LogP contribution in [0.1, 0.15) is 35.1 Å². The fraction of sp³-hybridized carbons (Fsp3) is 0.714. The molecule has 136 valence electrons. The largest absolute Gasteiger partial charge is 0.324 e. The lowest BCUT2D eigenvalue weighted by atomic mass is 9.83. The second kappa shape index (κ2) is 7.81. The summed E-state index contributed by atoms with van der Waals surface area (Å²) < 4.78 is 0. The van der Waals surface area contributed by atoms with Crippen LogP contribution < -0.4 is 5.73 Å². The van der Waals surface area contributed by atoms with Crippen LogP contribution in [0, 0.1) is 19.8 Å². The number of nitrogens with two attached hydrogens (primary N) is 1. The van der Waals surface area contributed by atoms with Gasteiger partial charge < -0.3 is 15.5 Å². The van der Waals surface area contributed by atoms with Gasteiger partial charge in [0.2, 0.25) is 0 Å². The van der Waals surface area contributed by atoms with Crippen LogP contribution in [0.4, 0.5) is 0 Å². The summed E-state index contributed by atoms with van der Waals surface area (Å²) in [5, 5.41) is 0. The predicted octanol–water partition coefficient (Wildman–Crippen LogP) is 2.33. The van der Waals surface area contributed by atoms with Crippen LogP contribution in [-0.2, 0) is 12.8 Å². The number of benzene rings is 1. The van der Waals surface area contributed by atoms with Gasteiger partial charge in [-0.1, -0.05) is 18.5 Å². The lowest BCUT2D eigenvalue weighted by Gasteiger charge is -2.47. The quantitative estimate of drug-likeness (QED) is 0.808. The van der Waals surface area contributed by atoms with Crippen molar-refractivity contribution in [3.8, 4) is 0 Å². The van der Waals surface area contributed by atoms with Crippen molar-refractivity contribution in [1.82, 2.24) is 9.80 Å². The molecule has 2 radical (unpaired) electrons. The maximum atomic E-state index is 6.64. The molecule has 4 heteroatoms. The van der Waals surface area contributed by atoms with Gasteiger partial charge in [0, 0.05) is 25.2 Å². The molecule has 2 N–H and O–H groups in total. The zero-order valence-electron chi connectivity index (χ0n) is 16.4. The summed E-state index contributed by atoms with van der Waals surface area (Å²) >= 11 is 0. The molecule has 0 aromatic heterocycles. The molecule has 25 heavy (non-hydrogen) atoms. The van der Waals surface area contributed by atoms with E-state index < -0.39 is 0 Å². The van der Waals surface area contributed by atoms with E-state index in [1.807, 2.05) is 0 Å². The monoisotopic (exact) mass is 339 g/mol. The van der Waals surface area contributed by atoms with Gasteiger partial charge in [-0.15, -0.1) is 0 Å². The number of aryl methyl sites for hydroxylation is 1. The van der Waals surface area contributed by atoms with Crippen molar-refractivity contribution >= 4 is 7.85 Å². The van der Waals surface area contributed by atoms with E-state index >= 15 is 0 Å². The van der Waals surface area contributed by atoms with Gasteiger partial charge in [-0.25, -0.2) is 0 Å². The minimum absolute atomic E-state index is 0.0356. The first-order valence-corrected chi connectivity index (χ1v) is 9.88. The van der Waals surface area contributed by atoms with Crippen molar-refractivity contribution in [2.45, 2.75) is 51.4 Å². The summed E-state index contributed by atoms with van der Waals surface area (Å²) in [6.07, 6.45) is 5.18. The van der Waals surface area contributed by atoms with Crippen LogP contribution in [-0.4, -0.2) is 63.0 Å². The maximum Gasteiger partial charge on any atom is 0.0657 e. The van der Waals surface area contributed by atoms with Gasteiger partial charge in [-0.2, -0.15) is 0 Å². The minimum atomic E-state index is 0.0356. The van der Waals surface area contributed by atoms with Gasteiger partial charge in [0.25, 0.3) is 0 Å². The fourth-order valence-electron chi connectivity index (χ4n) is 4.49. The number of piperidine rings is 1. The van der Waals surface area contributed by atoms with Crippen molar-refractivity contribution in [3.05, 3.63) is 34.4 Å². The standard InChI is InChI=1S/C21H34BN3/c1-16-17(2)20(5-4-19(16)6-9-22)12-18-13-25(14-18)15-21(23)7-10-24(3)11-8-21/h4-5,18H,6-15,23H2,1-3H3. The third kappa shape index (κ3) is 4.47. The highest BCUT2D eigenvalue weighted by atomic mass is 15.2. The zero-order valence-corrected chi connectivity index (χ0v) is 16.4. The third-order valence-electron chi connectivity index (χ3n) is 6.49. The van der Waals surface area contributed by atoms with Gasteiger partial charge in [0.1, 0.15) is 0 Å². The highest BCUT2D eigenvalue weighted by Crippen LogP contribution is 2.28. The Bertz CT molecular complexity index is 587. The molecule has 0 amide bonds. The molecule has 0 unspecified atom stereocenters. The van der Waals surface area contributed by atoms with Gasteiger partial charge in [0.05, 0.1) is 7.85 Å². The second-order valence-corrected chi connectivity index (χ2v) is 8.60. The molecule has 0 spiro atoms. The Morgan fingerprint density at radius 3 is 2.36 bits per heavy atom. The normalized spacial score (nSPS) is 22.1. The zero-order chi connectivity index (χ0) is 18.0. The number of hydrogen-bond donors (Lipinski definition) is 1. The lowest BCUT2D eigenvalue weighted by molar-refractivity contribution is 0.0530. The highest BCUT2D eigenvalue weighted by Gasteiger charge is 2.36. The van der Waals surface area contributed by atoms with Crippen LogP contribution in [0.3, 0.4) is 0 Å². The lowest BCUT2D eigenvalue weighted by Crippen LogP contribution is -2.60. The molecule has 1 aromatic rings. The smallest absolute Gasteiger partial charge is 0.0657 e. The maximum absolute atomic E-state index is 6.64. The summed E-state index contributed by atoms with van der Waals surface area (Å²) in [7, 11) is 7.92. The summed E-state index contributed by atoms with van der Waals surface area (Å²) in [5.74, 6) is 0.785. The first-order valence-electron chi connectivity index (χ1n) is 9.88. The molecule has 0 atom stereocenters. The van der Waals surface area contributed by atoms with Gasteiger partial charge >= 0.3 is 0 Å². The molecule has 0 bridgehead atoms. The van der Waals surface area contributed by atoms with Crippen LogP contribution in [0.15, 0.2) is 12.1 Å². The molecule has 0 saturated carbocycles.